The third-order valence-corrected chi connectivity index (χ3v) is 4.96. The standard InChI is InChI=1S/C24H23NOS/c26-23(21-14-8-3-9-15-21)22(18-20-12-6-2-7-13-20)24(27)25-17-16-19-10-4-1-5-11-19/h1-15,22H,16-18H2,(H,25,27). The van der Waals surface area contributed by atoms with Gasteiger partial charge in [-0.1, -0.05) is 103 Å². The van der Waals surface area contributed by atoms with Crippen molar-refractivity contribution in [3.8, 4) is 0 Å². The van der Waals surface area contributed by atoms with Crippen LogP contribution in [0, 0.1) is 5.92 Å². The molecule has 3 rings (SSSR count). The number of hydrogen-bond acceptors (Lipinski definition) is 2. The molecular weight excluding hydrogens is 350 g/mol. The van der Waals surface area contributed by atoms with Gasteiger partial charge >= 0.3 is 0 Å². The fourth-order valence-electron chi connectivity index (χ4n) is 3.06. The van der Waals surface area contributed by atoms with Crippen molar-refractivity contribution in [1.29, 1.82) is 0 Å². The molecule has 3 aromatic carbocycles. The van der Waals surface area contributed by atoms with E-state index in [4.69, 9.17) is 12.2 Å². The second-order valence-electron chi connectivity index (χ2n) is 6.50. The van der Waals surface area contributed by atoms with Gasteiger partial charge in [-0.25, -0.2) is 0 Å². The lowest BCUT2D eigenvalue weighted by Crippen LogP contribution is -2.36. The van der Waals surface area contributed by atoms with Gasteiger partial charge in [-0.3, -0.25) is 4.79 Å². The van der Waals surface area contributed by atoms with Crippen LogP contribution in [0.3, 0.4) is 0 Å². The Hall–Kier alpha value is -2.78. The Morgan fingerprint density at radius 3 is 1.89 bits per heavy atom. The molecule has 136 valence electrons. The van der Waals surface area contributed by atoms with Gasteiger partial charge in [-0.2, -0.15) is 0 Å². The largest absolute Gasteiger partial charge is 0.379 e. The van der Waals surface area contributed by atoms with E-state index in [-0.39, 0.29) is 11.7 Å². The number of benzene rings is 3. The van der Waals surface area contributed by atoms with Gasteiger partial charge in [0.05, 0.1) is 10.9 Å². The van der Waals surface area contributed by atoms with Crippen LogP contribution in [-0.2, 0) is 12.8 Å². The third-order valence-electron chi connectivity index (χ3n) is 4.53. The van der Waals surface area contributed by atoms with Crippen LogP contribution < -0.4 is 5.32 Å². The van der Waals surface area contributed by atoms with Crippen LogP contribution in [0.15, 0.2) is 91.0 Å². The zero-order valence-electron chi connectivity index (χ0n) is 15.2. The summed E-state index contributed by atoms with van der Waals surface area (Å²) in [5, 5.41) is 3.31. The summed E-state index contributed by atoms with van der Waals surface area (Å²) in [6.07, 6.45) is 1.48. The van der Waals surface area contributed by atoms with Crippen LogP contribution >= 0.6 is 12.2 Å². The van der Waals surface area contributed by atoms with Crippen molar-refractivity contribution < 1.29 is 4.79 Å². The Morgan fingerprint density at radius 1 is 0.778 bits per heavy atom. The van der Waals surface area contributed by atoms with Crippen LogP contribution in [0.25, 0.3) is 0 Å². The molecule has 0 spiro atoms. The number of ketones is 1. The monoisotopic (exact) mass is 373 g/mol. The second-order valence-corrected chi connectivity index (χ2v) is 6.94. The molecule has 0 heterocycles. The fraction of sp³-hybridized carbons (Fsp3) is 0.167. The molecule has 3 heteroatoms. The summed E-state index contributed by atoms with van der Waals surface area (Å²) in [6.45, 7) is 0.718. The highest BCUT2D eigenvalue weighted by Crippen LogP contribution is 2.16. The first-order chi connectivity index (χ1) is 13.2. The molecule has 0 aliphatic carbocycles. The highest BCUT2D eigenvalue weighted by molar-refractivity contribution is 7.80. The van der Waals surface area contributed by atoms with Crippen molar-refractivity contribution in [3.05, 3.63) is 108 Å². The van der Waals surface area contributed by atoms with Crippen LogP contribution in [0.4, 0.5) is 0 Å². The van der Waals surface area contributed by atoms with Crippen molar-refractivity contribution in [3.63, 3.8) is 0 Å². The summed E-state index contributed by atoms with van der Waals surface area (Å²) in [7, 11) is 0. The lowest BCUT2D eigenvalue weighted by Gasteiger charge is -2.19. The Bertz CT molecular complexity index is 863. The predicted octanol–water partition coefficient (Wildman–Crippen LogP) is 4.89. The molecule has 0 amide bonds. The average Bonchev–Trinajstić information content (AvgIpc) is 2.73. The quantitative estimate of drug-likeness (QED) is 0.450. The second kappa shape index (κ2) is 9.79. The van der Waals surface area contributed by atoms with Gasteiger partial charge in [-0.15, -0.1) is 0 Å². The van der Waals surface area contributed by atoms with Crippen LogP contribution in [0.2, 0.25) is 0 Å². The average molecular weight is 374 g/mol. The normalized spacial score (nSPS) is 11.6. The first kappa shape index (κ1) is 19.0. The smallest absolute Gasteiger partial charge is 0.173 e. The van der Waals surface area contributed by atoms with E-state index in [1.54, 1.807) is 0 Å². The molecule has 0 radical (unpaired) electrons. The lowest BCUT2D eigenvalue weighted by molar-refractivity contribution is 0.0953. The Kier molecular flexibility index (Phi) is 6.89. The maximum Gasteiger partial charge on any atom is 0.173 e. The zero-order valence-corrected chi connectivity index (χ0v) is 16.0. The lowest BCUT2D eigenvalue weighted by atomic mass is 9.91. The number of thiocarbonyl (C=S) groups is 1. The van der Waals surface area contributed by atoms with Gasteiger partial charge in [-0.05, 0) is 24.0 Å². The molecule has 27 heavy (non-hydrogen) atoms. The van der Waals surface area contributed by atoms with E-state index in [0.717, 1.165) is 18.5 Å². The molecule has 0 aliphatic heterocycles. The van der Waals surface area contributed by atoms with Gasteiger partial charge in [0.1, 0.15) is 0 Å². The van der Waals surface area contributed by atoms with E-state index in [1.165, 1.54) is 5.56 Å². The van der Waals surface area contributed by atoms with Crippen molar-refractivity contribution in [2.75, 3.05) is 6.54 Å². The molecule has 1 unspecified atom stereocenters. The molecular formula is C24H23NOS. The van der Waals surface area contributed by atoms with Gasteiger partial charge in [0.15, 0.2) is 5.78 Å². The van der Waals surface area contributed by atoms with Crippen molar-refractivity contribution in [1.82, 2.24) is 5.32 Å². The number of rotatable bonds is 8. The summed E-state index contributed by atoms with van der Waals surface area (Å²) < 4.78 is 0. The van der Waals surface area contributed by atoms with Crippen molar-refractivity contribution in [2.24, 2.45) is 5.92 Å². The topological polar surface area (TPSA) is 29.1 Å². The Labute approximate surface area is 166 Å². The van der Waals surface area contributed by atoms with Gasteiger partial charge < -0.3 is 5.32 Å². The molecule has 1 N–H and O–H groups in total. The number of Topliss-reactive ketones (excluding diaryl/α,β-unsaturated/α-hetero) is 1. The predicted molar refractivity (Wildman–Crippen MR) is 115 cm³/mol. The number of hydrogen-bond donors (Lipinski definition) is 1. The summed E-state index contributed by atoms with van der Waals surface area (Å²) >= 11 is 5.63. The summed E-state index contributed by atoms with van der Waals surface area (Å²) in [5.41, 5.74) is 3.06. The Morgan fingerprint density at radius 2 is 1.30 bits per heavy atom. The summed E-state index contributed by atoms with van der Waals surface area (Å²) in [5.74, 6) is -0.294. The first-order valence-corrected chi connectivity index (χ1v) is 9.59. The third kappa shape index (κ3) is 5.60. The van der Waals surface area contributed by atoms with Gasteiger partial charge in [0.25, 0.3) is 0 Å². The van der Waals surface area contributed by atoms with E-state index in [0.29, 0.717) is 17.0 Å². The molecule has 0 bridgehead atoms. The summed E-state index contributed by atoms with van der Waals surface area (Å²) in [4.78, 5) is 13.7. The SMILES string of the molecule is O=C(c1ccccc1)C(Cc1ccccc1)C(=S)NCCc1ccccc1. The zero-order chi connectivity index (χ0) is 18.9. The van der Waals surface area contributed by atoms with Crippen LogP contribution in [0.1, 0.15) is 21.5 Å². The molecule has 0 aliphatic rings. The van der Waals surface area contributed by atoms with Gasteiger partial charge in [0, 0.05) is 12.1 Å². The number of nitrogens with one attached hydrogen (secondary N) is 1. The molecule has 3 aromatic rings. The minimum absolute atomic E-state index is 0.0664. The highest BCUT2D eigenvalue weighted by atomic mass is 32.1. The number of carbonyl (C=O) groups is 1. The van der Waals surface area contributed by atoms with E-state index < -0.39 is 0 Å². The maximum absolute atomic E-state index is 13.1. The highest BCUT2D eigenvalue weighted by Gasteiger charge is 2.24. The maximum atomic E-state index is 13.1. The molecule has 0 aromatic heterocycles. The van der Waals surface area contributed by atoms with Gasteiger partial charge in [0.2, 0.25) is 0 Å². The number of carbonyl (C=O) groups excluding carboxylic acids is 1. The van der Waals surface area contributed by atoms with Crippen LogP contribution in [-0.4, -0.2) is 17.3 Å². The molecule has 1 atom stereocenters. The van der Waals surface area contributed by atoms with E-state index >= 15 is 0 Å². The molecule has 0 saturated carbocycles. The Balaban J connectivity index is 1.70. The molecule has 0 fully saturated rings. The minimum Gasteiger partial charge on any atom is -0.379 e. The fourth-order valence-corrected chi connectivity index (χ4v) is 3.35. The van der Waals surface area contributed by atoms with Crippen LogP contribution in [0.5, 0.6) is 0 Å². The first-order valence-electron chi connectivity index (χ1n) is 9.19. The van der Waals surface area contributed by atoms with E-state index in [1.807, 2.05) is 78.9 Å². The molecule has 0 saturated heterocycles. The summed E-state index contributed by atoms with van der Waals surface area (Å²) in [6, 6.07) is 29.7. The van der Waals surface area contributed by atoms with Crippen molar-refractivity contribution in [2.45, 2.75) is 12.8 Å². The van der Waals surface area contributed by atoms with E-state index in [2.05, 4.69) is 17.4 Å². The molecule has 2 nitrogen and oxygen atoms in total. The van der Waals surface area contributed by atoms with E-state index in [9.17, 15) is 4.79 Å². The minimum atomic E-state index is -0.361. The van der Waals surface area contributed by atoms with Crippen molar-refractivity contribution >= 4 is 23.0 Å².